The van der Waals surface area contributed by atoms with Crippen LogP contribution in [0.5, 0.6) is 5.75 Å². The monoisotopic (exact) mass is 233 g/mol. The number of ether oxygens (including phenoxy) is 1. The average Bonchev–Trinajstić information content (AvgIpc) is 2.70. The van der Waals surface area contributed by atoms with Crippen molar-refractivity contribution in [2.75, 3.05) is 6.61 Å². The number of carbonyl (C=O) groups excluding carboxylic acids is 1. The Morgan fingerprint density at radius 2 is 2.12 bits per heavy atom. The predicted molar refractivity (Wildman–Crippen MR) is 67.2 cm³/mol. The van der Waals surface area contributed by atoms with Crippen LogP contribution in [-0.2, 0) is 4.79 Å². The van der Waals surface area contributed by atoms with E-state index in [2.05, 4.69) is 24.4 Å². The zero-order valence-corrected chi connectivity index (χ0v) is 10.7. The van der Waals surface area contributed by atoms with Gasteiger partial charge in [-0.05, 0) is 49.9 Å². The number of benzene rings is 1. The molecule has 0 aromatic heterocycles. The molecule has 0 radical (unpaired) electrons. The highest BCUT2D eigenvalue weighted by atomic mass is 16.5. The third kappa shape index (κ3) is 2.43. The van der Waals surface area contributed by atoms with Crippen LogP contribution < -0.4 is 10.1 Å². The van der Waals surface area contributed by atoms with Crippen LogP contribution in [0.2, 0.25) is 0 Å². The summed E-state index contributed by atoms with van der Waals surface area (Å²) in [6.45, 7) is 6.78. The lowest BCUT2D eigenvalue weighted by Crippen LogP contribution is -2.19. The third-order valence-corrected chi connectivity index (χ3v) is 3.23. The zero-order valence-electron chi connectivity index (χ0n) is 10.7. The number of amides is 1. The van der Waals surface area contributed by atoms with E-state index in [0.717, 1.165) is 17.7 Å². The maximum Gasteiger partial charge on any atom is 0.220 e. The zero-order chi connectivity index (χ0) is 12.4. The summed E-state index contributed by atoms with van der Waals surface area (Å²) in [5.74, 6) is 1.10. The second-order valence-corrected chi connectivity index (χ2v) is 4.57. The Labute approximate surface area is 102 Å². The summed E-state index contributed by atoms with van der Waals surface area (Å²) in [6.07, 6.45) is 1.53. The number of rotatable bonds is 3. The summed E-state index contributed by atoms with van der Waals surface area (Å²) in [5.41, 5.74) is 3.54. The first-order valence-electron chi connectivity index (χ1n) is 6.15. The van der Waals surface area contributed by atoms with Gasteiger partial charge in [-0.2, -0.15) is 0 Å². The SMILES string of the molecule is CCOc1cc(C)c(C2CCC(=O)N2)cc1C. The summed E-state index contributed by atoms with van der Waals surface area (Å²) in [5, 5.41) is 3.01. The van der Waals surface area contributed by atoms with Crippen LogP contribution in [0.3, 0.4) is 0 Å². The van der Waals surface area contributed by atoms with Gasteiger partial charge in [0.15, 0.2) is 0 Å². The molecule has 2 rings (SSSR count). The minimum Gasteiger partial charge on any atom is -0.494 e. The normalized spacial score (nSPS) is 19.2. The topological polar surface area (TPSA) is 38.3 Å². The fourth-order valence-electron chi connectivity index (χ4n) is 2.35. The van der Waals surface area contributed by atoms with Crippen LogP contribution in [0.4, 0.5) is 0 Å². The maximum atomic E-state index is 11.3. The molecule has 3 nitrogen and oxygen atoms in total. The van der Waals surface area contributed by atoms with Crippen LogP contribution in [0.25, 0.3) is 0 Å². The molecule has 1 unspecified atom stereocenters. The van der Waals surface area contributed by atoms with Gasteiger partial charge in [0, 0.05) is 6.42 Å². The standard InChI is InChI=1S/C14H19NO2/c1-4-17-13-8-9(2)11(7-10(13)3)12-5-6-14(16)15-12/h7-8,12H,4-6H2,1-3H3,(H,15,16). The second kappa shape index (κ2) is 4.78. The summed E-state index contributed by atoms with van der Waals surface area (Å²) in [7, 11) is 0. The summed E-state index contributed by atoms with van der Waals surface area (Å²) >= 11 is 0. The highest BCUT2D eigenvalue weighted by molar-refractivity contribution is 5.78. The quantitative estimate of drug-likeness (QED) is 0.871. The second-order valence-electron chi connectivity index (χ2n) is 4.57. The maximum absolute atomic E-state index is 11.3. The number of carbonyl (C=O) groups is 1. The van der Waals surface area contributed by atoms with E-state index in [4.69, 9.17) is 4.74 Å². The number of hydrogen-bond acceptors (Lipinski definition) is 2. The molecule has 1 saturated heterocycles. The molecule has 1 heterocycles. The number of hydrogen-bond donors (Lipinski definition) is 1. The van der Waals surface area contributed by atoms with Gasteiger partial charge >= 0.3 is 0 Å². The lowest BCUT2D eigenvalue weighted by atomic mass is 9.97. The third-order valence-electron chi connectivity index (χ3n) is 3.23. The lowest BCUT2D eigenvalue weighted by Gasteiger charge is -2.17. The lowest BCUT2D eigenvalue weighted by molar-refractivity contribution is -0.119. The molecule has 3 heteroatoms. The molecule has 1 aromatic rings. The molecule has 0 saturated carbocycles. The molecule has 1 atom stereocenters. The van der Waals surface area contributed by atoms with E-state index in [0.29, 0.717) is 13.0 Å². The van der Waals surface area contributed by atoms with E-state index in [9.17, 15) is 4.79 Å². The van der Waals surface area contributed by atoms with E-state index in [1.165, 1.54) is 11.1 Å². The van der Waals surface area contributed by atoms with Gasteiger partial charge in [0.25, 0.3) is 0 Å². The minimum atomic E-state index is 0.154. The molecular weight excluding hydrogens is 214 g/mol. The average molecular weight is 233 g/mol. The molecule has 0 aliphatic carbocycles. The molecule has 0 spiro atoms. The molecule has 17 heavy (non-hydrogen) atoms. The molecule has 0 bridgehead atoms. The van der Waals surface area contributed by atoms with Crippen molar-refractivity contribution in [3.8, 4) is 5.75 Å². The van der Waals surface area contributed by atoms with Gasteiger partial charge in [-0.1, -0.05) is 6.07 Å². The first-order chi connectivity index (χ1) is 8.11. The first kappa shape index (κ1) is 12.0. The smallest absolute Gasteiger partial charge is 0.220 e. The van der Waals surface area contributed by atoms with Crippen molar-refractivity contribution in [1.29, 1.82) is 0 Å². The Balaban J connectivity index is 2.29. The van der Waals surface area contributed by atoms with Crippen molar-refractivity contribution >= 4 is 5.91 Å². The minimum absolute atomic E-state index is 0.154. The van der Waals surface area contributed by atoms with Gasteiger partial charge < -0.3 is 10.1 Å². The van der Waals surface area contributed by atoms with Gasteiger partial charge in [0.05, 0.1) is 12.6 Å². The van der Waals surface area contributed by atoms with Crippen LogP contribution in [0, 0.1) is 13.8 Å². The summed E-state index contributed by atoms with van der Waals surface area (Å²) in [4.78, 5) is 11.3. The van der Waals surface area contributed by atoms with Crippen LogP contribution in [-0.4, -0.2) is 12.5 Å². The van der Waals surface area contributed by atoms with Crippen molar-refractivity contribution in [2.45, 2.75) is 39.7 Å². The number of aryl methyl sites for hydroxylation is 2. The van der Waals surface area contributed by atoms with Crippen LogP contribution >= 0.6 is 0 Å². The predicted octanol–water partition coefficient (Wildman–Crippen LogP) is 2.65. The largest absolute Gasteiger partial charge is 0.494 e. The van der Waals surface area contributed by atoms with Crippen molar-refractivity contribution in [1.82, 2.24) is 5.32 Å². The fourth-order valence-corrected chi connectivity index (χ4v) is 2.35. The van der Waals surface area contributed by atoms with Gasteiger partial charge in [-0.3, -0.25) is 4.79 Å². The Morgan fingerprint density at radius 3 is 2.71 bits per heavy atom. The molecule has 1 amide bonds. The van der Waals surface area contributed by atoms with E-state index in [1.807, 2.05) is 13.8 Å². The Hall–Kier alpha value is -1.51. The van der Waals surface area contributed by atoms with Crippen molar-refractivity contribution < 1.29 is 9.53 Å². The fraction of sp³-hybridized carbons (Fsp3) is 0.500. The molecule has 1 aliphatic rings. The molecule has 1 aliphatic heterocycles. The molecular formula is C14H19NO2. The molecule has 1 N–H and O–H groups in total. The molecule has 92 valence electrons. The van der Waals surface area contributed by atoms with Crippen molar-refractivity contribution in [2.24, 2.45) is 0 Å². The van der Waals surface area contributed by atoms with Crippen LogP contribution in [0.15, 0.2) is 12.1 Å². The van der Waals surface area contributed by atoms with Gasteiger partial charge in [0.2, 0.25) is 5.91 Å². The van der Waals surface area contributed by atoms with Crippen LogP contribution in [0.1, 0.15) is 42.5 Å². The van der Waals surface area contributed by atoms with Crippen molar-refractivity contribution in [3.05, 3.63) is 28.8 Å². The molecule has 1 aromatic carbocycles. The van der Waals surface area contributed by atoms with Crippen molar-refractivity contribution in [3.63, 3.8) is 0 Å². The summed E-state index contributed by atoms with van der Waals surface area (Å²) < 4.78 is 5.57. The van der Waals surface area contributed by atoms with Gasteiger partial charge in [0.1, 0.15) is 5.75 Å². The first-order valence-corrected chi connectivity index (χ1v) is 6.15. The van der Waals surface area contributed by atoms with Gasteiger partial charge in [-0.25, -0.2) is 0 Å². The Kier molecular flexibility index (Phi) is 3.36. The number of nitrogens with one attached hydrogen (secondary N) is 1. The van der Waals surface area contributed by atoms with E-state index >= 15 is 0 Å². The highest BCUT2D eigenvalue weighted by Crippen LogP contribution is 2.31. The van der Waals surface area contributed by atoms with Gasteiger partial charge in [-0.15, -0.1) is 0 Å². The van der Waals surface area contributed by atoms with E-state index < -0.39 is 0 Å². The summed E-state index contributed by atoms with van der Waals surface area (Å²) in [6, 6.07) is 4.38. The van der Waals surface area contributed by atoms with E-state index in [-0.39, 0.29) is 11.9 Å². The van der Waals surface area contributed by atoms with E-state index in [1.54, 1.807) is 0 Å². The highest BCUT2D eigenvalue weighted by Gasteiger charge is 2.24. The Morgan fingerprint density at radius 1 is 1.35 bits per heavy atom. The Bertz CT molecular complexity index is 440. The molecule has 1 fully saturated rings.